The molecule has 2 rings (SSSR count). The molecule has 1 saturated heterocycles. The molecule has 0 saturated carbocycles. The summed E-state index contributed by atoms with van der Waals surface area (Å²) in [5, 5.41) is 6.26. The smallest absolute Gasteiger partial charge is 0.233 e. The molecule has 0 aliphatic carbocycles. The van der Waals surface area contributed by atoms with Crippen LogP contribution in [-0.4, -0.2) is 46.9 Å². The number of piperidine rings is 1. The topological polar surface area (TPSA) is 68.8 Å². The molecule has 1 fully saturated rings. The van der Waals surface area contributed by atoms with Crippen molar-refractivity contribution in [2.45, 2.75) is 12.8 Å². The van der Waals surface area contributed by atoms with Crippen LogP contribution in [0.5, 0.6) is 11.5 Å². The molecule has 0 spiro atoms. The summed E-state index contributed by atoms with van der Waals surface area (Å²) in [7, 11) is 4.80. The highest BCUT2D eigenvalue weighted by Crippen LogP contribution is 2.32. The predicted octanol–water partition coefficient (Wildman–Crippen LogP) is 2.08. The van der Waals surface area contributed by atoms with Crippen molar-refractivity contribution in [3.63, 3.8) is 0 Å². The highest BCUT2D eigenvalue weighted by atomic mass is 35.5. The predicted molar refractivity (Wildman–Crippen MR) is 91.8 cm³/mol. The highest BCUT2D eigenvalue weighted by Gasteiger charge is 2.39. The Balaban J connectivity index is 0.00000264. The van der Waals surface area contributed by atoms with Crippen LogP contribution >= 0.6 is 12.4 Å². The van der Waals surface area contributed by atoms with Gasteiger partial charge >= 0.3 is 0 Å². The monoisotopic (exact) mass is 344 g/mol. The van der Waals surface area contributed by atoms with E-state index in [2.05, 4.69) is 10.6 Å². The zero-order valence-electron chi connectivity index (χ0n) is 13.8. The number of benzene rings is 1. The maximum atomic E-state index is 12.8. The number of ether oxygens (including phenoxy) is 3. The van der Waals surface area contributed by atoms with Gasteiger partial charge in [-0.25, -0.2) is 0 Å². The number of anilines is 1. The number of methoxy groups -OCH3 is 3. The maximum absolute atomic E-state index is 12.8. The molecule has 23 heavy (non-hydrogen) atoms. The summed E-state index contributed by atoms with van der Waals surface area (Å²) in [6.45, 7) is 2.05. The van der Waals surface area contributed by atoms with Crippen molar-refractivity contribution in [2.24, 2.45) is 5.41 Å². The summed E-state index contributed by atoms with van der Waals surface area (Å²) in [4.78, 5) is 12.8. The van der Waals surface area contributed by atoms with Crippen molar-refractivity contribution in [3.05, 3.63) is 18.2 Å². The molecule has 0 bridgehead atoms. The number of halogens is 1. The van der Waals surface area contributed by atoms with E-state index in [1.165, 1.54) is 0 Å². The van der Waals surface area contributed by atoms with Crippen LogP contribution in [0, 0.1) is 5.41 Å². The van der Waals surface area contributed by atoms with Crippen molar-refractivity contribution in [1.29, 1.82) is 0 Å². The number of carbonyl (C=O) groups is 1. The van der Waals surface area contributed by atoms with Crippen molar-refractivity contribution in [2.75, 3.05) is 46.3 Å². The quantitative estimate of drug-likeness (QED) is 0.827. The van der Waals surface area contributed by atoms with E-state index in [4.69, 9.17) is 14.2 Å². The van der Waals surface area contributed by atoms with Gasteiger partial charge in [-0.15, -0.1) is 12.4 Å². The molecule has 1 aromatic rings. The summed E-state index contributed by atoms with van der Waals surface area (Å²) in [6, 6.07) is 5.33. The second kappa shape index (κ2) is 8.96. The minimum Gasteiger partial charge on any atom is -0.497 e. The minimum atomic E-state index is -0.490. The first kappa shape index (κ1) is 19.5. The molecule has 0 unspecified atom stereocenters. The zero-order valence-corrected chi connectivity index (χ0v) is 14.6. The molecule has 7 heteroatoms. The Kier molecular flexibility index (Phi) is 7.61. The van der Waals surface area contributed by atoms with Gasteiger partial charge in [0.05, 0.1) is 26.2 Å². The van der Waals surface area contributed by atoms with Gasteiger partial charge in [-0.1, -0.05) is 0 Å². The van der Waals surface area contributed by atoms with Gasteiger partial charge in [0.2, 0.25) is 5.91 Å². The van der Waals surface area contributed by atoms with Gasteiger partial charge in [0, 0.05) is 31.0 Å². The molecule has 130 valence electrons. The first-order valence-electron chi connectivity index (χ1n) is 7.38. The summed E-state index contributed by atoms with van der Waals surface area (Å²) in [5.74, 6) is 1.26. The molecular formula is C16H25ClN2O4. The third-order valence-electron chi connectivity index (χ3n) is 4.07. The van der Waals surface area contributed by atoms with E-state index in [1.807, 2.05) is 0 Å². The normalized spacial score (nSPS) is 16.1. The van der Waals surface area contributed by atoms with Crippen molar-refractivity contribution < 1.29 is 19.0 Å². The van der Waals surface area contributed by atoms with Crippen molar-refractivity contribution in [1.82, 2.24) is 5.32 Å². The van der Waals surface area contributed by atoms with Crippen LogP contribution < -0.4 is 20.1 Å². The molecule has 0 aromatic heterocycles. The average Bonchev–Trinajstić information content (AvgIpc) is 2.55. The van der Waals surface area contributed by atoms with E-state index in [1.54, 1.807) is 39.5 Å². The lowest BCUT2D eigenvalue weighted by molar-refractivity contribution is -0.130. The number of hydrogen-bond donors (Lipinski definition) is 2. The highest BCUT2D eigenvalue weighted by molar-refractivity contribution is 5.96. The molecular weight excluding hydrogens is 320 g/mol. The molecule has 2 N–H and O–H groups in total. The van der Waals surface area contributed by atoms with Crippen molar-refractivity contribution >= 4 is 24.0 Å². The molecule has 0 atom stereocenters. The van der Waals surface area contributed by atoms with E-state index in [0.29, 0.717) is 23.8 Å². The van der Waals surface area contributed by atoms with Crippen LogP contribution in [0.15, 0.2) is 18.2 Å². The van der Waals surface area contributed by atoms with Gasteiger partial charge in [0.1, 0.15) is 11.5 Å². The number of nitrogens with one attached hydrogen (secondary N) is 2. The average molecular weight is 345 g/mol. The number of amides is 1. The SMILES string of the molecule is COCC1(C(=O)Nc2cc(OC)cc(OC)c2)CCNCC1.Cl. The first-order chi connectivity index (χ1) is 10.6. The van der Waals surface area contributed by atoms with Gasteiger partial charge in [-0.05, 0) is 25.9 Å². The number of hydrogen-bond acceptors (Lipinski definition) is 5. The van der Waals surface area contributed by atoms with Crippen LogP contribution in [0.25, 0.3) is 0 Å². The van der Waals surface area contributed by atoms with Crippen LogP contribution in [0.1, 0.15) is 12.8 Å². The van der Waals surface area contributed by atoms with Crippen LogP contribution in [0.4, 0.5) is 5.69 Å². The Labute approximate surface area is 143 Å². The summed E-state index contributed by atoms with van der Waals surface area (Å²) in [6.07, 6.45) is 1.52. The van der Waals surface area contributed by atoms with Gasteiger partial charge in [0.15, 0.2) is 0 Å². The van der Waals surface area contributed by atoms with Gasteiger partial charge in [-0.3, -0.25) is 4.79 Å². The lowest BCUT2D eigenvalue weighted by atomic mass is 9.78. The van der Waals surface area contributed by atoms with E-state index in [0.717, 1.165) is 25.9 Å². The standard InChI is InChI=1S/C16H24N2O4.ClH/c1-20-11-16(4-6-17-7-5-16)15(19)18-12-8-13(21-2)10-14(9-12)22-3;/h8-10,17H,4-7,11H2,1-3H3,(H,18,19);1H. The number of carbonyl (C=O) groups excluding carboxylic acids is 1. The lowest BCUT2D eigenvalue weighted by Gasteiger charge is -2.35. The third kappa shape index (κ3) is 4.73. The van der Waals surface area contributed by atoms with E-state index in [-0.39, 0.29) is 18.3 Å². The lowest BCUT2D eigenvalue weighted by Crippen LogP contribution is -2.47. The Hall–Kier alpha value is -1.50. The van der Waals surface area contributed by atoms with E-state index in [9.17, 15) is 4.79 Å². The second-order valence-electron chi connectivity index (χ2n) is 5.52. The molecule has 1 aliphatic heterocycles. The van der Waals surface area contributed by atoms with Crippen molar-refractivity contribution in [3.8, 4) is 11.5 Å². The Bertz CT molecular complexity index is 491. The Morgan fingerprint density at radius 2 is 1.70 bits per heavy atom. The molecule has 0 radical (unpaired) electrons. The first-order valence-corrected chi connectivity index (χ1v) is 7.38. The number of rotatable bonds is 6. The second-order valence-corrected chi connectivity index (χ2v) is 5.52. The molecule has 1 amide bonds. The summed E-state index contributed by atoms with van der Waals surface area (Å²) in [5.41, 5.74) is 0.172. The summed E-state index contributed by atoms with van der Waals surface area (Å²) >= 11 is 0. The maximum Gasteiger partial charge on any atom is 0.233 e. The fraction of sp³-hybridized carbons (Fsp3) is 0.562. The fourth-order valence-corrected chi connectivity index (χ4v) is 2.76. The van der Waals surface area contributed by atoms with E-state index >= 15 is 0 Å². The Morgan fingerprint density at radius 1 is 1.13 bits per heavy atom. The van der Waals surface area contributed by atoms with Crippen LogP contribution in [0.2, 0.25) is 0 Å². The Morgan fingerprint density at radius 3 is 2.17 bits per heavy atom. The van der Waals surface area contributed by atoms with Crippen LogP contribution in [0.3, 0.4) is 0 Å². The van der Waals surface area contributed by atoms with Gasteiger partial charge in [-0.2, -0.15) is 0 Å². The van der Waals surface area contributed by atoms with Gasteiger partial charge < -0.3 is 24.8 Å². The zero-order chi connectivity index (χ0) is 16.0. The third-order valence-corrected chi connectivity index (χ3v) is 4.07. The molecule has 6 nitrogen and oxygen atoms in total. The van der Waals surface area contributed by atoms with Crippen LogP contribution in [-0.2, 0) is 9.53 Å². The molecule has 1 aliphatic rings. The van der Waals surface area contributed by atoms with E-state index < -0.39 is 5.41 Å². The molecule has 1 aromatic carbocycles. The fourth-order valence-electron chi connectivity index (χ4n) is 2.76. The molecule has 1 heterocycles. The summed E-state index contributed by atoms with van der Waals surface area (Å²) < 4.78 is 15.8. The van der Waals surface area contributed by atoms with Gasteiger partial charge in [0.25, 0.3) is 0 Å². The largest absolute Gasteiger partial charge is 0.497 e. The minimum absolute atomic E-state index is 0.